The molecule has 2 aliphatic carbocycles. The molecule has 23 heavy (non-hydrogen) atoms. The minimum Gasteiger partial charge on any atom is -0.284 e. The van der Waals surface area contributed by atoms with Crippen molar-refractivity contribution in [3.63, 3.8) is 0 Å². The van der Waals surface area contributed by atoms with Crippen LogP contribution in [0.5, 0.6) is 0 Å². The second-order valence-electron chi connectivity index (χ2n) is 8.14. The van der Waals surface area contributed by atoms with E-state index in [0.29, 0.717) is 29.6 Å². The summed E-state index contributed by atoms with van der Waals surface area (Å²) in [5, 5.41) is 0. The monoisotopic (exact) mass is 312 g/mol. The van der Waals surface area contributed by atoms with Crippen molar-refractivity contribution in [1.29, 1.82) is 0 Å². The fraction of sp³-hybridized carbons (Fsp3) is 0.682. The maximum Gasteiger partial charge on any atom is 0.211 e. The van der Waals surface area contributed by atoms with Gasteiger partial charge >= 0.3 is 0 Å². The SMILES string of the molecule is CCC1[C@@H](C)C=CC2=C[C@H](C)C[C@H](C#CC(=O)C(C)(C)CC)[C@@H]21. The van der Waals surface area contributed by atoms with Gasteiger partial charge in [-0.05, 0) is 42.1 Å². The average Bonchev–Trinajstić information content (AvgIpc) is 2.52. The molecule has 1 unspecified atom stereocenters. The number of allylic oxidation sites excluding steroid dienone is 4. The summed E-state index contributed by atoms with van der Waals surface area (Å²) in [5.74, 6) is 9.12. The number of Topliss-reactive ketones (excluding diaryl/α,β-unsaturated/α-hetero) is 1. The molecule has 0 saturated carbocycles. The molecule has 5 atom stereocenters. The zero-order chi connectivity index (χ0) is 17.2. The van der Waals surface area contributed by atoms with E-state index in [4.69, 9.17) is 0 Å². The lowest BCUT2D eigenvalue weighted by molar-refractivity contribution is -0.121. The third-order valence-corrected chi connectivity index (χ3v) is 5.99. The normalized spacial score (nSPS) is 33.3. The summed E-state index contributed by atoms with van der Waals surface area (Å²) in [6.07, 6.45) is 10.2. The summed E-state index contributed by atoms with van der Waals surface area (Å²) in [4.78, 5) is 12.4. The maximum atomic E-state index is 12.4. The smallest absolute Gasteiger partial charge is 0.211 e. The molecule has 0 heterocycles. The zero-order valence-corrected chi connectivity index (χ0v) is 15.6. The molecule has 2 rings (SSSR count). The molecule has 0 fully saturated rings. The molecule has 0 amide bonds. The van der Waals surface area contributed by atoms with Gasteiger partial charge in [-0.2, -0.15) is 0 Å². The van der Waals surface area contributed by atoms with Crippen LogP contribution in [0.15, 0.2) is 23.8 Å². The van der Waals surface area contributed by atoms with E-state index >= 15 is 0 Å². The third-order valence-electron chi connectivity index (χ3n) is 5.99. The van der Waals surface area contributed by atoms with E-state index < -0.39 is 0 Å². The number of rotatable bonds is 3. The van der Waals surface area contributed by atoms with Crippen molar-refractivity contribution >= 4 is 5.78 Å². The molecule has 0 spiro atoms. The van der Waals surface area contributed by atoms with Crippen molar-refractivity contribution in [3.8, 4) is 11.8 Å². The van der Waals surface area contributed by atoms with E-state index in [2.05, 4.69) is 57.8 Å². The standard InChI is InChI=1S/C22H32O/c1-7-19-16(4)9-10-17-13-15(3)14-18(21(17)19)11-12-20(23)22(5,6)8-2/h9-10,13,15-16,18-19,21H,7-8,14H2,1-6H3/t15-,16-,18-,19?,21+/m0/s1. The largest absolute Gasteiger partial charge is 0.284 e. The molecule has 0 radical (unpaired) electrons. The van der Waals surface area contributed by atoms with Gasteiger partial charge in [0, 0.05) is 17.3 Å². The molecular weight excluding hydrogens is 280 g/mol. The first-order chi connectivity index (χ1) is 10.8. The van der Waals surface area contributed by atoms with Crippen LogP contribution in [0.25, 0.3) is 0 Å². The molecule has 0 bridgehead atoms. The molecule has 1 heteroatoms. The molecule has 0 aromatic heterocycles. The minimum absolute atomic E-state index is 0.0937. The van der Waals surface area contributed by atoms with Gasteiger partial charge in [-0.25, -0.2) is 0 Å². The second-order valence-corrected chi connectivity index (χ2v) is 8.14. The van der Waals surface area contributed by atoms with Crippen molar-refractivity contribution in [2.45, 2.75) is 60.8 Å². The Morgan fingerprint density at radius 3 is 2.61 bits per heavy atom. The first-order valence-corrected chi connectivity index (χ1v) is 9.26. The third kappa shape index (κ3) is 3.79. The molecular formula is C22H32O. The van der Waals surface area contributed by atoms with E-state index in [-0.39, 0.29) is 11.2 Å². The van der Waals surface area contributed by atoms with Crippen molar-refractivity contribution < 1.29 is 4.79 Å². The summed E-state index contributed by atoms with van der Waals surface area (Å²) in [5.41, 5.74) is 1.13. The van der Waals surface area contributed by atoms with E-state index in [1.165, 1.54) is 12.0 Å². The predicted molar refractivity (Wildman–Crippen MR) is 97.8 cm³/mol. The maximum absolute atomic E-state index is 12.4. The predicted octanol–water partition coefficient (Wildman–Crippen LogP) is 5.43. The van der Waals surface area contributed by atoms with Gasteiger partial charge in [-0.15, -0.1) is 0 Å². The van der Waals surface area contributed by atoms with Crippen LogP contribution in [0, 0.1) is 46.8 Å². The lowest BCUT2D eigenvalue weighted by Crippen LogP contribution is -2.34. The zero-order valence-electron chi connectivity index (χ0n) is 15.6. The minimum atomic E-state index is -0.324. The van der Waals surface area contributed by atoms with Gasteiger partial charge in [0.1, 0.15) is 0 Å². The Morgan fingerprint density at radius 2 is 2.00 bits per heavy atom. The van der Waals surface area contributed by atoms with Crippen LogP contribution in [0.4, 0.5) is 0 Å². The molecule has 126 valence electrons. The summed E-state index contributed by atoms with van der Waals surface area (Å²) < 4.78 is 0. The van der Waals surface area contributed by atoms with Crippen molar-refractivity contribution in [2.24, 2.45) is 35.0 Å². The van der Waals surface area contributed by atoms with Gasteiger partial charge in [-0.1, -0.05) is 72.1 Å². The molecule has 0 saturated heterocycles. The number of carbonyl (C=O) groups excluding carboxylic acids is 1. The Morgan fingerprint density at radius 1 is 1.30 bits per heavy atom. The van der Waals surface area contributed by atoms with Crippen LogP contribution < -0.4 is 0 Å². The Kier molecular flexibility index (Phi) is 5.56. The first kappa shape index (κ1) is 18.1. The summed E-state index contributed by atoms with van der Waals surface area (Å²) >= 11 is 0. The second kappa shape index (κ2) is 7.08. The van der Waals surface area contributed by atoms with Crippen LogP contribution >= 0.6 is 0 Å². The van der Waals surface area contributed by atoms with E-state index in [1.807, 2.05) is 13.8 Å². The average molecular weight is 312 g/mol. The Hall–Kier alpha value is -1.29. The fourth-order valence-electron chi connectivity index (χ4n) is 3.99. The number of hydrogen-bond donors (Lipinski definition) is 0. The number of hydrogen-bond acceptors (Lipinski definition) is 1. The van der Waals surface area contributed by atoms with Crippen LogP contribution in [0.3, 0.4) is 0 Å². The summed E-state index contributed by atoms with van der Waals surface area (Å²) in [7, 11) is 0. The highest BCUT2D eigenvalue weighted by Gasteiger charge is 2.38. The Bertz CT molecular complexity index is 567. The summed E-state index contributed by atoms with van der Waals surface area (Å²) in [6, 6.07) is 0. The quantitative estimate of drug-likeness (QED) is 0.502. The van der Waals surface area contributed by atoms with Crippen LogP contribution in [-0.2, 0) is 4.79 Å². The highest BCUT2D eigenvalue weighted by molar-refractivity contribution is 5.99. The van der Waals surface area contributed by atoms with Gasteiger partial charge in [0.25, 0.3) is 0 Å². The Balaban J connectivity index is 2.30. The van der Waals surface area contributed by atoms with Crippen molar-refractivity contribution in [3.05, 3.63) is 23.8 Å². The molecule has 1 nitrogen and oxygen atoms in total. The topological polar surface area (TPSA) is 17.1 Å². The van der Waals surface area contributed by atoms with Gasteiger partial charge in [0.05, 0.1) is 0 Å². The van der Waals surface area contributed by atoms with Gasteiger partial charge in [-0.3, -0.25) is 4.79 Å². The molecule has 0 N–H and O–H groups in total. The summed E-state index contributed by atoms with van der Waals surface area (Å²) in [6.45, 7) is 12.9. The fourth-order valence-corrected chi connectivity index (χ4v) is 3.99. The highest BCUT2D eigenvalue weighted by atomic mass is 16.1. The number of ketones is 1. The van der Waals surface area contributed by atoms with E-state index in [1.54, 1.807) is 0 Å². The Labute approximate surface area is 142 Å². The lowest BCUT2D eigenvalue weighted by Gasteiger charge is -2.41. The van der Waals surface area contributed by atoms with Crippen molar-refractivity contribution in [2.75, 3.05) is 0 Å². The molecule has 0 aromatic rings. The van der Waals surface area contributed by atoms with Crippen LogP contribution in [-0.4, -0.2) is 5.78 Å². The molecule has 0 aromatic carbocycles. The van der Waals surface area contributed by atoms with Crippen LogP contribution in [0.2, 0.25) is 0 Å². The van der Waals surface area contributed by atoms with Crippen molar-refractivity contribution in [1.82, 2.24) is 0 Å². The van der Waals surface area contributed by atoms with Gasteiger partial charge in [0.15, 0.2) is 0 Å². The van der Waals surface area contributed by atoms with Crippen LogP contribution in [0.1, 0.15) is 60.8 Å². The van der Waals surface area contributed by atoms with E-state index in [0.717, 1.165) is 12.8 Å². The van der Waals surface area contributed by atoms with Gasteiger partial charge in [0.2, 0.25) is 5.78 Å². The van der Waals surface area contributed by atoms with Gasteiger partial charge < -0.3 is 0 Å². The number of carbonyl (C=O) groups is 1. The molecule has 2 aliphatic rings. The lowest BCUT2D eigenvalue weighted by atomic mass is 9.63. The molecule has 0 aliphatic heterocycles. The van der Waals surface area contributed by atoms with E-state index in [9.17, 15) is 4.79 Å². The highest BCUT2D eigenvalue weighted by Crippen LogP contribution is 2.45. The number of fused-ring (bicyclic) bond motifs is 1. The first-order valence-electron chi connectivity index (χ1n) is 9.26.